The number of ether oxygens (including phenoxy) is 2. The summed E-state index contributed by atoms with van der Waals surface area (Å²) in [4.78, 5) is 10.8. The highest BCUT2D eigenvalue weighted by Gasteiger charge is 2.25. The van der Waals surface area contributed by atoms with Crippen LogP contribution in [0.25, 0.3) is 11.1 Å². The molecular formula is C26H24O4. The van der Waals surface area contributed by atoms with Gasteiger partial charge in [-0.3, -0.25) is 0 Å². The number of fused-ring (bicyclic) bond motifs is 2. The molecule has 1 N–H and O–H groups in total. The molecular weight excluding hydrogens is 376 g/mol. The number of aryl methyl sites for hydroxylation is 1. The number of benzene rings is 3. The molecule has 3 aromatic rings. The molecule has 1 aliphatic carbocycles. The summed E-state index contributed by atoms with van der Waals surface area (Å²) >= 11 is 0. The summed E-state index contributed by atoms with van der Waals surface area (Å²) < 4.78 is 11.8. The Kier molecular flexibility index (Phi) is 4.70. The second-order valence-corrected chi connectivity index (χ2v) is 8.14. The van der Waals surface area contributed by atoms with Crippen LogP contribution < -0.4 is 9.47 Å². The van der Waals surface area contributed by atoms with Crippen LogP contribution in [0.5, 0.6) is 17.2 Å². The van der Waals surface area contributed by atoms with Crippen molar-refractivity contribution in [2.45, 2.75) is 38.7 Å². The number of phenolic OH excluding ortho intramolecular Hbond substituents is 1. The highest BCUT2D eigenvalue weighted by molar-refractivity contribution is 5.76. The van der Waals surface area contributed by atoms with Gasteiger partial charge in [-0.2, -0.15) is 0 Å². The van der Waals surface area contributed by atoms with Crippen molar-refractivity contribution in [3.63, 3.8) is 0 Å². The minimum Gasteiger partial charge on any atom is -0.508 e. The second kappa shape index (κ2) is 7.52. The third kappa shape index (κ3) is 3.22. The first-order valence-electron chi connectivity index (χ1n) is 10.4. The third-order valence-corrected chi connectivity index (χ3v) is 6.21. The summed E-state index contributed by atoms with van der Waals surface area (Å²) in [6.07, 6.45) is 3.40. The van der Waals surface area contributed by atoms with Crippen LogP contribution in [0.1, 0.15) is 40.2 Å². The van der Waals surface area contributed by atoms with Crippen molar-refractivity contribution >= 4 is 6.29 Å². The number of hydrogen-bond donors (Lipinski definition) is 1. The van der Waals surface area contributed by atoms with Crippen molar-refractivity contribution in [2.75, 3.05) is 6.61 Å². The van der Waals surface area contributed by atoms with E-state index in [4.69, 9.17) is 9.47 Å². The number of aromatic hydroxyl groups is 1. The zero-order valence-electron chi connectivity index (χ0n) is 17.0. The maximum Gasteiger partial charge on any atom is 0.126 e. The molecule has 3 aromatic carbocycles. The molecule has 152 valence electrons. The molecule has 2 aliphatic rings. The molecule has 1 atom stereocenters. The van der Waals surface area contributed by atoms with Crippen LogP contribution in [0.15, 0.2) is 48.5 Å². The van der Waals surface area contributed by atoms with Crippen molar-refractivity contribution in [1.82, 2.24) is 0 Å². The van der Waals surface area contributed by atoms with Crippen LogP contribution in [0.4, 0.5) is 0 Å². The maximum absolute atomic E-state index is 10.8. The molecule has 0 amide bonds. The Balaban J connectivity index is 1.35. The van der Waals surface area contributed by atoms with Gasteiger partial charge < -0.3 is 19.4 Å². The molecule has 30 heavy (non-hydrogen) atoms. The Hall–Kier alpha value is -3.27. The fourth-order valence-electron chi connectivity index (χ4n) is 4.58. The predicted molar refractivity (Wildman–Crippen MR) is 115 cm³/mol. The zero-order valence-corrected chi connectivity index (χ0v) is 17.0. The van der Waals surface area contributed by atoms with Gasteiger partial charge in [-0.25, -0.2) is 0 Å². The van der Waals surface area contributed by atoms with Crippen LogP contribution in [0.2, 0.25) is 0 Å². The summed E-state index contributed by atoms with van der Waals surface area (Å²) in [7, 11) is 0. The van der Waals surface area contributed by atoms with Gasteiger partial charge >= 0.3 is 0 Å². The summed E-state index contributed by atoms with van der Waals surface area (Å²) in [5, 5.41) is 10.1. The Bertz CT molecular complexity index is 1130. The largest absolute Gasteiger partial charge is 0.508 e. The normalized spacial score (nSPS) is 16.2. The lowest BCUT2D eigenvalue weighted by Gasteiger charge is -2.26. The number of hydrogen-bond acceptors (Lipinski definition) is 4. The predicted octanol–water partition coefficient (Wildman–Crippen LogP) is 5.11. The first-order valence-corrected chi connectivity index (χ1v) is 10.4. The average Bonchev–Trinajstić information content (AvgIpc) is 3.11. The average molecular weight is 400 g/mol. The van der Waals surface area contributed by atoms with Gasteiger partial charge in [0.25, 0.3) is 0 Å². The molecule has 1 heterocycles. The van der Waals surface area contributed by atoms with Crippen molar-refractivity contribution in [1.29, 1.82) is 0 Å². The second-order valence-electron chi connectivity index (χ2n) is 8.14. The van der Waals surface area contributed by atoms with Crippen LogP contribution in [0.3, 0.4) is 0 Å². The molecule has 0 saturated heterocycles. The van der Waals surface area contributed by atoms with E-state index in [1.54, 1.807) is 0 Å². The highest BCUT2D eigenvalue weighted by atomic mass is 16.5. The summed E-state index contributed by atoms with van der Waals surface area (Å²) in [5.41, 5.74) is 8.03. The van der Waals surface area contributed by atoms with Gasteiger partial charge in [0.15, 0.2) is 0 Å². The molecule has 0 spiro atoms. The number of aldehydes is 1. The van der Waals surface area contributed by atoms with E-state index in [9.17, 15) is 9.90 Å². The van der Waals surface area contributed by atoms with Gasteiger partial charge in [-0.1, -0.05) is 24.3 Å². The quantitative estimate of drug-likeness (QED) is 0.584. The molecule has 1 aliphatic heterocycles. The van der Waals surface area contributed by atoms with E-state index >= 15 is 0 Å². The molecule has 1 unspecified atom stereocenters. The zero-order chi connectivity index (χ0) is 20.7. The first-order chi connectivity index (χ1) is 14.6. The third-order valence-electron chi connectivity index (χ3n) is 6.21. The SMILES string of the molecule is Cc1cc(O)c2c(c1-c1cccc(COc3ccc4c(c3)OCC4CC=O)c1)CC2. The molecule has 0 aromatic heterocycles. The summed E-state index contributed by atoms with van der Waals surface area (Å²) in [6.45, 7) is 3.07. The van der Waals surface area contributed by atoms with E-state index in [0.29, 0.717) is 25.4 Å². The molecule has 4 nitrogen and oxygen atoms in total. The number of carbonyl (C=O) groups excluding carboxylic acids is 1. The number of phenols is 1. The van der Waals surface area contributed by atoms with Crippen LogP contribution >= 0.6 is 0 Å². The standard InChI is InChI=1S/C26H24O4/c1-16-11-24(28)22-7-8-23(22)26(16)18-4-2-3-17(12-18)14-29-20-5-6-21-19(9-10-27)15-30-25(21)13-20/h2-6,10-13,19,28H,7-9,14-15H2,1H3. The lowest BCUT2D eigenvalue weighted by Crippen LogP contribution is -2.11. The molecule has 0 bridgehead atoms. The van der Waals surface area contributed by atoms with Gasteiger partial charge in [0.1, 0.15) is 30.1 Å². The van der Waals surface area contributed by atoms with E-state index in [1.165, 1.54) is 16.7 Å². The van der Waals surface area contributed by atoms with Gasteiger partial charge in [-0.15, -0.1) is 0 Å². The first kappa shape index (κ1) is 18.7. The summed E-state index contributed by atoms with van der Waals surface area (Å²) in [5.74, 6) is 2.14. The van der Waals surface area contributed by atoms with E-state index in [0.717, 1.165) is 52.9 Å². The fourth-order valence-corrected chi connectivity index (χ4v) is 4.58. The lowest BCUT2D eigenvalue weighted by molar-refractivity contribution is -0.108. The maximum atomic E-state index is 10.8. The van der Waals surface area contributed by atoms with Gasteiger partial charge in [0.2, 0.25) is 0 Å². The van der Waals surface area contributed by atoms with Crippen LogP contribution in [-0.2, 0) is 24.2 Å². The van der Waals surface area contributed by atoms with Crippen molar-refractivity contribution in [3.05, 3.63) is 76.3 Å². The Morgan fingerprint density at radius 1 is 1.13 bits per heavy atom. The fraction of sp³-hybridized carbons (Fsp3) is 0.269. The highest BCUT2D eigenvalue weighted by Crippen LogP contribution is 2.42. The molecule has 5 rings (SSSR count). The van der Waals surface area contributed by atoms with E-state index in [2.05, 4.69) is 31.2 Å². The molecule has 0 radical (unpaired) electrons. The lowest BCUT2D eigenvalue weighted by atomic mass is 9.79. The van der Waals surface area contributed by atoms with E-state index in [-0.39, 0.29) is 5.92 Å². The van der Waals surface area contributed by atoms with Gasteiger partial charge in [0.05, 0.1) is 6.61 Å². The summed E-state index contributed by atoms with van der Waals surface area (Å²) in [6, 6.07) is 16.1. The van der Waals surface area contributed by atoms with Crippen molar-refractivity contribution < 1.29 is 19.4 Å². The topological polar surface area (TPSA) is 55.8 Å². The molecule has 0 saturated carbocycles. The van der Waals surface area contributed by atoms with E-state index < -0.39 is 0 Å². The van der Waals surface area contributed by atoms with Crippen molar-refractivity contribution in [2.24, 2.45) is 0 Å². The minimum atomic E-state index is 0.148. The van der Waals surface area contributed by atoms with Gasteiger partial charge in [0, 0.05) is 24.0 Å². The van der Waals surface area contributed by atoms with Crippen molar-refractivity contribution in [3.8, 4) is 28.4 Å². The van der Waals surface area contributed by atoms with E-state index in [1.807, 2.05) is 24.3 Å². The monoisotopic (exact) mass is 400 g/mol. The van der Waals surface area contributed by atoms with Crippen LogP contribution in [-0.4, -0.2) is 18.0 Å². The Labute approximate surface area is 176 Å². The van der Waals surface area contributed by atoms with Crippen LogP contribution in [0, 0.1) is 6.92 Å². The molecule has 4 heteroatoms. The minimum absolute atomic E-state index is 0.148. The molecule has 0 fully saturated rings. The van der Waals surface area contributed by atoms with Gasteiger partial charge in [-0.05, 0) is 71.3 Å². The Morgan fingerprint density at radius 2 is 2.00 bits per heavy atom. The number of carbonyl (C=O) groups is 1. The smallest absolute Gasteiger partial charge is 0.126 e. The number of rotatable bonds is 6. The Morgan fingerprint density at radius 3 is 2.80 bits per heavy atom.